The molecule has 6 heteroatoms. The summed E-state index contributed by atoms with van der Waals surface area (Å²) in [5.41, 5.74) is 0. The van der Waals surface area contributed by atoms with Crippen molar-refractivity contribution in [2.75, 3.05) is 32.7 Å². The molecule has 0 spiro atoms. The Morgan fingerprint density at radius 3 is 2.14 bits per heavy atom. The lowest BCUT2D eigenvalue weighted by Crippen LogP contribution is -2.46. The number of rotatable bonds is 4. The first-order chi connectivity index (χ1) is 10.1. The van der Waals surface area contributed by atoms with Crippen molar-refractivity contribution in [2.45, 2.75) is 32.1 Å². The third-order valence-electron chi connectivity index (χ3n) is 4.63. The molecule has 2 rings (SSSR count). The Bertz CT molecular complexity index is 416. The fourth-order valence-corrected chi connectivity index (χ4v) is 3.22. The van der Waals surface area contributed by atoms with Gasteiger partial charge in [0.15, 0.2) is 0 Å². The molecule has 2 heterocycles. The summed E-state index contributed by atoms with van der Waals surface area (Å²) in [5, 5.41) is 17.6. The summed E-state index contributed by atoms with van der Waals surface area (Å²) in [4.78, 5) is 27.5. The Morgan fingerprint density at radius 1 is 1.05 bits per heavy atom. The van der Waals surface area contributed by atoms with Gasteiger partial charge in [-0.25, -0.2) is 0 Å². The van der Waals surface area contributed by atoms with E-state index in [4.69, 9.17) is 10.4 Å². The largest absolute Gasteiger partial charge is 0.481 e. The van der Waals surface area contributed by atoms with Crippen LogP contribution >= 0.6 is 0 Å². The van der Waals surface area contributed by atoms with E-state index >= 15 is 0 Å². The molecule has 1 N–H and O–H groups in total. The molecule has 21 heavy (non-hydrogen) atoms. The number of carboxylic acid groups (broad SMARTS) is 1. The summed E-state index contributed by atoms with van der Waals surface area (Å²) in [6.45, 7) is 3.70. The molecule has 0 aromatic heterocycles. The molecule has 0 radical (unpaired) electrons. The van der Waals surface area contributed by atoms with Crippen LogP contribution in [0.5, 0.6) is 0 Å². The van der Waals surface area contributed by atoms with Crippen LogP contribution in [0.2, 0.25) is 0 Å². The molecular formula is C15H23N3O3. The number of likely N-dealkylation sites (tertiary alicyclic amines) is 2. The number of nitriles is 1. The van der Waals surface area contributed by atoms with E-state index in [-0.39, 0.29) is 17.7 Å². The number of carbonyl (C=O) groups is 2. The first-order valence-electron chi connectivity index (χ1n) is 7.72. The maximum absolute atomic E-state index is 12.5. The van der Waals surface area contributed by atoms with Crippen LogP contribution in [0.15, 0.2) is 0 Å². The highest BCUT2D eigenvalue weighted by molar-refractivity contribution is 5.79. The fraction of sp³-hybridized carbons (Fsp3) is 0.800. The lowest BCUT2D eigenvalue weighted by atomic mass is 9.92. The second kappa shape index (κ2) is 7.41. The first-order valence-corrected chi connectivity index (χ1v) is 7.72. The highest BCUT2D eigenvalue weighted by Crippen LogP contribution is 2.24. The predicted molar refractivity (Wildman–Crippen MR) is 76.3 cm³/mol. The van der Waals surface area contributed by atoms with Crippen molar-refractivity contribution in [1.29, 1.82) is 5.26 Å². The van der Waals surface area contributed by atoms with Gasteiger partial charge in [-0.15, -0.1) is 0 Å². The first kappa shape index (κ1) is 15.8. The third-order valence-corrected chi connectivity index (χ3v) is 4.63. The Labute approximate surface area is 125 Å². The van der Waals surface area contributed by atoms with Crippen molar-refractivity contribution in [2.24, 2.45) is 11.8 Å². The van der Waals surface area contributed by atoms with E-state index in [1.54, 1.807) is 0 Å². The lowest BCUT2D eigenvalue weighted by Gasteiger charge is -2.36. The molecule has 0 saturated carbocycles. The number of carbonyl (C=O) groups excluding carboxylic acids is 1. The van der Waals surface area contributed by atoms with Gasteiger partial charge >= 0.3 is 5.97 Å². The number of piperidine rings is 2. The summed E-state index contributed by atoms with van der Waals surface area (Å²) >= 11 is 0. The molecule has 116 valence electrons. The van der Waals surface area contributed by atoms with Crippen molar-refractivity contribution in [3.8, 4) is 6.07 Å². The summed E-state index contributed by atoms with van der Waals surface area (Å²) in [6.07, 6.45) is 3.39. The molecule has 2 saturated heterocycles. The second-order valence-electron chi connectivity index (χ2n) is 5.96. The molecule has 0 aromatic rings. The van der Waals surface area contributed by atoms with E-state index in [2.05, 4.69) is 11.0 Å². The monoisotopic (exact) mass is 293 g/mol. The number of carboxylic acids is 1. The van der Waals surface area contributed by atoms with E-state index in [1.165, 1.54) is 0 Å². The summed E-state index contributed by atoms with van der Waals surface area (Å²) < 4.78 is 0. The van der Waals surface area contributed by atoms with Crippen LogP contribution in [0.4, 0.5) is 0 Å². The maximum atomic E-state index is 12.5. The van der Waals surface area contributed by atoms with E-state index < -0.39 is 5.97 Å². The number of hydrogen-bond acceptors (Lipinski definition) is 4. The van der Waals surface area contributed by atoms with Gasteiger partial charge in [0.1, 0.15) is 0 Å². The number of nitrogens with zero attached hydrogens (tertiary/aromatic N) is 3. The van der Waals surface area contributed by atoms with Gasteiger partial charge in [-0.3, -0.25) is 9.59 Å². The molecule has 2 fully saturated rings. The average molecular weight is 293 g/mol. The van der Waals surface area contributed by atoms with Gasteiger partial charge in [-0.05, 0) is 38.8 Å². The zero-order valence-corrected chi connectivity index (χ0v) is 12.3. The molecule has 0 aromatic carbocycles. The SMILES string of the molecule is N#CCCN1CCC(C(=O)N2CCC(C(=O)O)CC2)CC1. The van der Waals surface area contributed by atoms with Crippen LogP contribution in [-0.4, -0.2) is 59.5 Å². The third kappa shape index (κ3) is 4.18. The van der Waals surface area contributed by atoms with Gasteiger partial charge < -0.3 is 14.9 Å². The van der Waals surface area contributed by atoms with Crippen LogP contribution in [0, 0.1) is 23.2 Å². The van der Waals surface area contributed by atoms with Crippen LogP contribution in [0.25, 0.3) is 0 Å². The van der Waals surface area contributed by atoms with Gasteiger partial charge in [-0.1, -0.05) is 0 Å². The second-order valence-corrected chi connectivity index (χ2v) is 5.96. The summed E-state index contributed by atoms with van der Waals surface area (Å²) in [5.74, 6) is -0.765. The van der Waals surface area contributed by atoms with E-state index in [9.17, 15) is 9.59 Å². The Morgan fingerprint density at radius 2 is 1.62 bits per heavy atom. The highest BCUT2D eigenvalue weighted by Gasteiger charge is 2.32. The van der Waals surface area contributed by atoms with Gasteiger partial charge in [0.25, 0.3) is 0 Å². The van der Waals surface area contributed by atoms with E-state index in [0.29, 0.717) is 32.4 Å². The summed E-state index contributed by atoms with van der Waals surface area (Å²) in [7, 11) is 0. The zero-order valence-electron chi connectivity index (χ0n) is 12.3. The molecule has 1 amide bonds. The molecule has 0 unspecified atom stereocenters. The highest BCUT2D eigenvalue weighted by atomic mass is 16.4. The fourth-order valence-electron chi connectivity index (χ4n) is 3.22. The minimum Gasteiger partial charge on any atom is -0.481 e. The van der Waals surface area contributed by atoms with Gasteiger partial charge in [-0.2, -0.15) is 5.26 Å². The van der Waals surface area contributed by atoms with Crippen LogP contribution < -0.4 is 0 Å². The number of aliphatic carboxylic acids is 1. The number of hydrogen-bond donors (Lipinski definition) is 1. The predicted octanol–water partition coefficient (Wildman–Crippen LogP) is 0.935. The van der Waals surface area contributed by atoms with Gasteiger partial charge in [0.05, 0.1) is 12.0 Å². The minimum absolute atomic E-state index is 0.0738. The Kier molecular flexibility index (Phi) is 5.57. The standard InChI is InChI=1S/C15H23N3O3/c16-6-1-7-17-8-2-12(3-9-17)14(19)18-10-4-13(5-11-18)15(20)21/h12-13H,1-5,7-11H2,(H,20,21). The molecular weight excluding hydrogens is 270 g/mol. The topological polar surface area (TPSA) is 84.6 Å². The van der Waals surface area contributed by atoms with Crippen molar-refractivity contribution in [3.05, 3.63) is 0 Å². The van der Waals surface area contributed by atoms with Gasteiger partial charge in [0, 0.05) is 32.0 Å². The number of amides is 1. The van der Waals surface area contributed by atoms with E-state index in [0.717, 1.165) is 32.5 Å². The molecule has 0 aliphatic carbocycles. The van der Waals surface area contributed by atoms with Crippen molar-refractivity contribution >= 4 is 11.9 Å². The lowest BCUT2D eigenvalue weighted by molar-refractivity contribution is -0.147. The minimum atomic E-state index is -0.743. The average Bonchev–Trinajstić information content (AvgIpc) is 2.53. The van der Waals surface area contributed by atoms with Crippen molar-refractivity contribution < 1.29 is 14.7 Å². The van der Waals surface area contributed by atoms with Crippen LogP contribution in [-0.2, 0) is 9.59 Å². The molecule has 6 nitrogen and oxygen atoms in total. The quantitative estimate of drug-likeness (QED) is 0.833. The summed E-state index contributed by atoms with van der Waals surface area (Å²) in [6, 6.07) is 2.15. The molecule has 2 aliphatic rings. The smallest absolute Gasteiger partial charge is 0.306 e. The maximum Gasteiger partial charge on any atom is 0.306 e. The van der Waals surface area contributed by atoms with E-state index in [1.807, 2.05) is 4.90 Å². The normalized spacial score (nSPS) is 22.0. The Hall–Kier alpha value is -1.61. The molecule has 2 aliphatic heterocycles. The van der Waals surface area contributed by atoms with Crippen molar-refractivity contribution in [3.63, 3.8) is 0 Å². The van der Waals surface area contributed by atoms with Crippen LogP contribution in [0.3, 0.4) is 0 Å². The van der Waals surface area contributed by atoms with Crippen molar-refractivity contribution in [1.82, 2.24) is 9.80 Å². The Balaban J connectivity index is 1.75. The van der Waals surface area contributed by atoms with Crippen LogP contribution in [0.1, 0.15) is 32.1 Å². The molecule has 0 atom stereocenters. The zero-order chi connectivity index (χ0) is 15.2. The van der Waals surface area contributed by atoms with Gasteiger partial charge in [0.2, 0.25) is 5.91 Å². The molecule has 0 bridgehead atoms.